The van der Waals surface area contributed by atoms with Crippen molar-refractivity contribution in [3.05, 3.63) is 34.4 Å². The van der Waals surface area contributed by atoms with Gasteiger partial charge in [0.05, 0.1) is 23.9 Å². The highest BCUT2D eigenvalue weighted by molar-refractivity contribution is 9.10. The van der Waals surface area contributed by atoms with Crippen LogP contribution in [-0.4, -0.2) is 36.8 Å². The summed E-state index contributed by atoms with van der Waals surface area (Å²) in [4.78, 5) is 16.8. The predicted octanol–water partition coefficient (Wildman–Crippen LogP) is 4.54. The van der Waals surface area contributed by atoms with Gasteiger partial charge in [0.1, 0.15) is 5.56 Å². The second-order valence-electron chi connectivity index (χ2n) is 6.28. The Kier molecular flexibility index (Phi) is 5.91. The molecule has 0 aliphatic heterocycles. The lowest BCUT2D eigenvalue weighted by atomic mass is 9.92. The molecule has 134 valence electrons. The number of methoxy groups -OCH3 is 1. The molecule has 1 fully saturated rings. The lowest BCUT2D eigenvalue weighted by molar-refractivity contribution is 0.0526. The van der Waals surface area contributed by atoms with Crippen LogP contribution in [0.5, 0.6) is 0 Å². The summed E-state index contributed by atoms with van der Waals surface area (Å²) in [5.41, 5.74) is 2.15. The molecule has 1 aliphatic carbocycles. The Morgan fingerprint density at radius 1 is 1.32 bits per heavy atom. The molecule has 25 heavy (non-hydrogen) atoms. The van der Waals surface area contributed by atoms with Crippen molar-refractivity contribution in [2.45, 2.75) is 44.8 Å². The first kappa shape index (κ1) is 18.1. The maximum absolute atomic E-state index is 12.4. The van der Waals surface area contributed by atoms with Crippen molar-refractivity contribution in [2.24, 2.45) is 0 Å². The summed E-state index contributed by atoms with van der Waals surface area (Å²) in [6.45, 7) is 2.15. The lowest BCUT2D eigenvalue weighted by Gasteiger charge is -2.29. The van der Waals surface area contributed by atoms with Gasteiger partial charge in [-0.15, -0.1) is 0 Å². The van der Waals surface area contributed by atoms with E-state index in [2.05, 4.69) is 26.2 Å². The smallest absolute Gasteiger partial charge is 0.341 e. The molecule has 5 nitrogen and oxygen atoms in total. The van der Waals surface area contributed by atoms with Crippen LogP contribution in [-0.2, 0) is 9.47 Å². The zero-order valence-corrected chi connectivity index (χ0v) is 16.1. The number of halogens is 1. The van der Waals surface area contributed by atoms with Crippen LogP contribution in [0.15, 0.2) is 28.9 Å². The van der Waals surface area contributed by atoms with Crippen molar-refractivity contribution in [3.63, 3.8) is 0 Å². The summed E-state index contributed by atoms with van der Waals surface area (Å²) >= 11 is 3.51. The van der Waals surface area contributed by atoms with Crippen LogP contribution >= 0.6 is 15.9 Å². The van der Waals surface area contributed by atoms with Crippen LogP contribution < -0.4 is 5.32 Å². The molecule has 1 aromatic carbocycles. The number of nitrogens with zero attached hydrogens (tertiary/aromatic N) is 1. The Morgan fingerprint density at radius 3 is 2.76 bits per heavy atom. The molecule has 1 heterocycles. The minimum Gasteiger partial charge on any atom is -0.462 e. The third-order valence-electron chi connectivity index (χ3n) is 4.68. The molecular formula is C19H23BrN2O3. The lowest BCUT2D eigenvalue weighted by Crippen LogP contribution is -2.30. The van der Waals surface area contributed by atoms with Gasteiger partial charge in [-0.05, 0) is 50.8 Å². The van der Waals surface area contributed by atoms with Crippen LogP contribution in [0.4, 0.5) is 5.69 Å². The van der Waals surface area contributed by atoms with Crippen LogP contribution in [0, 0.1) is 0 Å². The van der Waals surface area contributed by atoms with Gasteiger partial charge in [0.2, 0.25) is 0 Å². The Bertz CT molecular complexity index is 758. The molecular weight excluding hydrogens is 384 g/mol. The number of carbonyl (C=O) groups excluding carboxylic acids is 1. The average Bonchev–Trinajstić information content (AvgIpc) is 2.63. The number of carbonyl (C=O) groups is 1. The number of anilines is 1. The number of esters is 1. The monoisotopic (exact) mass is 406 g/mol. The third-order valence-corrected chi connectivity index (χ3v) is 5.17. The fourth-order valence-electron chi connectivity index (χ4n) is 3.33. The molecule has 0 bridgehead atoms. The van der Waals surface area contributed by atoms with Gasteiger partial charge in [0.25, 0.3) is 0 Å². The van der Waals surface area contributed by atoms with Gasteiger partial charge in [-0.3, -0.25) is 4.98 Å². The zero-order chi connectivity index (χ0) is 17.8. The quantitative estimate of drug-likeness (QED) is 0.738. The van der Waals surface area contributed by atoms with Gasteiger partial charge in [0.15, 0.2) is 0 Å². The normalized spacial score (nSPS) is 20.4. The van der Waals surface area contributed by atoms with Crippen molar-refractivity contribution < 1.29 is 14.3 Å². The number of hydrogen-bond donors (Lipinski definition) is 1. The first-order chi connectivity index (χ1) is 12.1. The molecule has 0 spiro atoms. The van der Waals surface area contributed by atoms with Gasteiger partial charge < -0.3 is 14.8 Å². The highest BCUT2D eigenvalue weighted by atomic mass is 79.9. The van der Waals surface area contributed by atoms with E-state index in [4.69, 9.17) is 9.47 Å². The number of ether oxygens (including phenoxy) is 2. The van der Waals surface area contributed by atoms with E-state index in [0.717, 1.165) is 46.7 Å². The van der Waals surface area contributed by atoms with Gasteiger partial charge >= 0.3 is 5.97 Å². The topological polar surface area (TPSA) is 60.5 Å². The Morgan fingerprint density at radius 2 is 2.08 bits per heavy atom. The number of aromatic nitrogens is 1. The van der Waals surface area contributed by atoms with E-state index in [1.807, 2.05) is 25.1 Å². The molecule has 6 heteroatoms. The van der Waals surface area contributed by atoms with E-state index in [1.165, 1.54) is 0 Å². The zero-order valence-electron chi connectivity index (χ0n) is 14.5. The number of benzene rings is 1. The second kappa shape index (κ2) is 8.15. The van der Waals surface area contributed by atoms with Crippen molar-refractivity contribution in [3.8, 4) is 0 Å². The highest BCUT2D eigenvalue weighted by Gasteiger charge is 2.24. The molecule has 1 saturated carbocycles. The number of nitrogens with one attached hydrogen (secondary N) is 1. The van der Waals surface area contributed by atoms with Gasteiger partial charge in [-0.25, -0.2) is 4.79 Å². The summed E-state index contributed by atoms with van der Waals surface area (Å²) in [5.74, 6) is -0.343. The average molecular weight is 407 g/mol. The molecule has 3 rings (SSSR count). The third kappa shape index (κ3) is 4.12. The highest BCUT2D eigenvalue weighted by Crippen LogP contribution is 2.32. The van der Waals surface area contributed by atoms with Gasteiger partial charge in [0, 0.05) is 29.2 Å². The van der Waals surface area contributed by atoms with Crippen LogP contribution in [0.25, 0.3) is 10.9 Å². The Balaban J connectivity index is 1.96. The van der Waals surface area contributed by atoms with Crippen LogP contribution in [0.2, 0.25) is 0 Å². The van der Waals surface area contributed by atoms with E-state index >= 15 is 0 Å². The van der Waals surface area contributed by atoms with Crippen molar-refractivity contribution >= 4 is 38.5 Å². The van der Waals surface area contributed by atoms with Crippen molar-refractivity contribution in [1.29, 1.82) is 0 Å². The van der Waals surface area contributed by atoms with E-state index in [9.17, 15) is 4.79 Å². The van der Waals surface area contributed by atoms with Crippen LogP contribution in [0.1, 0.15) is 43.0 Å². The Hall–Kier alpha value is -1.66. The summed E-state index contributed by atoms with van der Waals surface area (Å²) < 4.78 is 11.6. The molecule has 2 aromatic rings. The fraction of sp³-hybridized carbons (Fsp3) is 0.474. The molecule has 0 unspecified atom stereocenters. The maximum Gasteiger partial charge on any atom is 0.341 e. The van der Waals surface area contributed by atoms with Crippen LogP contribution in [0.3, 0.4) is 0 Å². The molecule has 1 aliphatic rings. The SMILES string of the molecule is CCOC(=O)c1cnc2ccc(Br)cc2c1NC1CCC(OC)CC1. The van der Waals surface area contributed by atoms with E-state index in [-0.39, 0.29) is 5.97 Å². The van der Waals surface area contributed by atoms with E-state index in [0.29, 0.717) is 24.3 Å². The predicted molar refractivity (Wildman–Crippen MR) is 102 cm³/mol. The summed E-state index contributed by atoms with van der Waals surface area (Å²) in [5, 5.41) is 4.51. The molecule has 0 amide bonds. The summed E-state index contributed by atoms with van der Waals surface area (Å²) in [7, 11) is 1.77. The standard InChI is InChI=1S/C19H23BrN2O3/c1-3-25-19(23)16-11-21-17-9-4-12(20)10-15(17)18(16)22-13-5-7-14(24-2)8-6-13/h4,9-11,13-14H,3,5-8H2,1-2H3,(H,21,22). The molecule has 0 atom stereocenters. The summed E-state index contributed by atoms with van der Waals surface area (Å²) in [6, 6.07) is 6.20. The molecule has 1 aromatic heterocycles. The first-order valence-electron chi connectivity index (χ1n) is 8.67. The van der Waals surface area contributed by atoms with Crippen molar-refractivity contribution in [1.82, 2.24) is 4.98 Å². The number of fused-ring (bicyclic) bond motifs is 1. The molecule has 1 N–H and O–H groups in total. The van der Waals surface area contributed by atoms with Crippen molar-refractivity contribution in [2.75, 3.05) is 19.0 Å². The maximum atomic E-state index is 12.4. The Labute approximate surface area is 156 Å². The number of rotatable bonds is 5. The number of pyridine rings is 1. The van der Waals surface area contributed by atoms with Gasteiger partial charge in [-0.1, -0.05) is 15.9 Å². The number of hydrogen-bond acceptors (Lipinski definition) is 5. The minimum absolute atomic E-state index is 0.309. The van der Waals surface area contributed by atoms with E-state index in [1.54, 1.807) is 13.3 Å². The fourth-order valence-corrected chi connectivity index (χ4v) is 3.69. The first-order valence-corrected chi connectivity index (χ1v) is 9.46. The molecule has 0 saturated heterocycles. The largest absolute Gasteiger partial charge is 0.462 e. The minimum atomic E-state index is -0.343. The van der Waals surface area contributed by atoms with Gasteiger partial charge in [-0.2, -0.15) is 0 Å². The molecule has 0 radical (unpaired) electrons. The second-order valence-corrected chi connectivity index (χ2v) is 7.20. The van der Waals surface area contributed by atoms with E-state index < -0.39 is 0 Å². The summed E-state index contributed by atoms with van der Waals surface area (Å²) in [6.07, 6.45) is 6.02.